The van der Waals surface area contributed by atoms with E-state index in [2.05, 4.69) is 27.3 Å². The van der Waals surface area contributed by atoms with E-state index in [1.54, 1.807) is 18.2 Å². The molecule has 0 fully saturated rings. The zero-order chi connectivity index (χ0) is 18.2. The first-order chi connectivity index (χ1) is 11.9. The highest BCUT2D eigenvalue weighted by molar-refractivity contribution is 9.10. The average molecular weight is 406 g/mol. The lowest BCUT2D eigenvalue weighted by Gasteiger charge is -2.09. The lowest BCUT2D eigenvalue weighted by Crippen LogP contribution is -2.31. The quantitative estimate of drug-likeness (QED) is 0.566. The Kier molecular flexibility index (Phi) is 7.01. The highest BCUT2D eigenvalue weighted by atomic mass is 79.9. The Morgan fingerprint density at radius 2 is 1.76 bits per heavy atom. The average Bonchev–Trinajstić information content (AvgIpc) is 2.55. The molecule has 0 saturated heterocycles. The van der Waals surface area contributed by atoms with E-state index >= 15 is 0 Å². The van der Waals surface area contributed by atoms with Gasteiger partial charge >= 0.3 is 5.97 Å². The SMILES string of the molecule is Cc1cc(C)cc(OCCOC(=O)CNC(=O)c2cccc(Br)c2)c1. The predicted molar refractivity (Wildman–Crippen MR) is 98.8 cm³/mol. The van der Waals surface area contributed by atoms with Crippen LogP contribution in [0.2, 0.25) is 0 Å². The molecule has 2 aromatic carbocycles. The van der Waals surface area contributed by atoms with Crippen molar-refractivity contribution in [2.45, 2.75) is 13.8 Å². The van der Waals surface area contributed by atoms with Crippen molar-refractivity contribution in [3.8, 4) is 5.75 Å². The van der Waals surface area contributed by atoms with E-state index in [1.807, 2.05) is 32.0 Å². The number of benzene rings is 2. The second kappa shape index (κ2) is 9.22. The third kappa shape index (κ3) is 6.58. The van der Waals surface area contributed by atoms with Crippen molar-refractivity contribution in [1.82, 2.24) is 5.32 Å². The molecule has 0 aliphatic carbocycles. The summed E-state index contributed by atoms with van der Waals surface area (Å²) in [7, 11) is 0. The number of amides is 1. The molecule has 25 heavy (non-hydrogen) atoms. The molecule has 0 bridgehead atoms. The minimum absolute atomic E-state index is 0.124. The summed E-state index contributed by atoms with van der Waals surface area (Å²) in [6, 6.07) is 12.8. The zero-order valence-corrected chi connectivity index (χ0v) is 15.8. The summed E-state index contributed by atoms with van der Waals surface area (Å²) in [4.78, 5) is 23.6. The summed E-state index contributed by atoms with van der Waals surface area (Å²) in [6.07, 6.45) is 0. The Labute approximate surface area is 155 Å². The van der Waals surface area contributed by atoms with Crippen molar-refractivity contribution in [2.24, 2.45) is 0 Å². The van der Waals surface area contributed by atoms with E-state index in [-0.39, 0.29) is 25.7 Å². The monoisotopic (exact) mass is 405 g/mol. The van der Waals surface area contributed by atoms with Crippen LogP contribution in [0, 0.1) is 13.8 Å². The van der Waals surface area contributed by atoms with Crippen LogP contribution in [0.4, 0.5) is 0 Å². The molecule has 2 rings (SSSR count). The minimum atomic E-state index is -0.507. The van der Waals surface area contributed by atoms with Crippen LogP contribution in [0.25, 0.3) is 0 Å². The number of carbonyl (C=O) groups excluding carboxylic acids is 2. The molecule has 132 valence electrons. The van der Waals surface area contributed by atoms with Crippen molar-refractivity contribution in [2.75, 3.05) is 19.8 Å². The Morgan fingerprint density at radius 1 is 1.04 bits per heavy atom. The standard InChI is InChI=1S/C19H20BrNO4/c1-13-8-14(2)10-17(9-13)24-6-7-25-18(22)12-21-19(23)15-4-3-5-16(20)11-15/h3-5,8-11H,6-7,12H2,1-2H3,(H,21,23). The molecule has 0 saturated carbocycles. The van der Waals surface area contributed by atoms with Crippen molar-refractivity contribution >= 4 is 27.8 Å². The molecule has 0 atom stereocenters. The van der Waals surface area contributed by atoms with Gasteiger partial charge in [0.1, 0.15) is 25.5 Å². The molecule has 2 aromatic rings. The van der Waals surface area contributed by atoms with Crippen LogP contribution in [-0.2, 0) is 9.53 Å². The molecule has 0 aromatic heterocycles. The fourth-order valence-corrected chi connectivity index (χ4v) is 2.67. The van der Waals surface area contributed by atoms with Gasteiger partial charge in [0.25, 0.3) is 5.91 Å². The summed E-state index contributed by atoms with van der Waals surface area (Å²) in [6.45, 7) is 4.18. The first kappa shape index (κ1) is 19.0. The lowest BCUT2D eigenvalue weighted by molar-refractivity contribution is -0.143. The van der Waals surface area contributed by atoms with Crippen LogP contribution in [0.15, 0.2) is 46.9 Å². The third-order valence-electron chi connectivity index (χ3n) is 3.29. The maximum absolute atomic E-state index is 11.9. The molecule has 6 heteroatoms. The second-order valence-electron chi connectivity index (χ2n) is 5.59. The smallest absolute Gasteiger partial charge is 0.325 e. The van der Waals surface area contributed by atoms with Crippen LogP contribution in [-0.4, -0.2) is 31.6 Å². The first-order valence-electron chi connectivity index (χ1n) is 7.84. The minimum Gasteiger partial charge on any atom is -0.490 e. The van der Waals surface area contributed by atoms with Gasteiger partial charge in [0.15, 0.2) is 0 Å². The molecular formula is C19H20BrNO4. The fourth-order valence-electron chi connectivity index (χ4n) is 2.27. The van der Waals surface area contributed by atoms with Crippen LogP contribution in [0.1, 0.15) is 21.5 Å². The van der Waals surface area contributed by atoms with Gasteiger partial charge < -0.3 is 14.8 Å². The molecule has 0 aliphatic rings. The summed E-state index contributed by atoms with van der Waals surface area (Å²) in [5.74, 6) is -0.0892. The van der Waals surface area contributed by atoms with Gasteiger partial charge in [-0.3, -0.25) is 9.59 Å². The Balaban J connectivity index is 1.68. The van der Waals surface area contributed by atoms with Crippen molar-refractivity contribution < 1.29 is 19.1 Å². The molecule has 0 spiro atoms. The molecule has 0 radical (unpaired) electrons. The maximum atomic E-state index is 11.9. The maximum Gasteiger partial charge on any atom is 0.325 e. The highest BCUT2D eigenvalue weighted by Gasteiger charge is 2.09. The highest BCUT2D eigenvalue weighted by Crippen LogP contribution is 2.16. The molecule has 0 heterocycles. The van der Waals surface area contributed by atoms with Crippen molar-refractivity contribution in [1.29, 1.82) is 0 Å². The number of ether oxygens (including phenoxy) is 2. The normalized spacial score (nSPS) is 10.2. The van der Waals surface area contributed by atoms with E-state index in [0.29, 0.717) is 5.56 Å². The Bertz CT molecular complexity index is 741. The molecule has 1 amide bonds. The van der Waals surface area contributed by atoms with Gasteiger partial charge in [-0.05, 0) is 55.3 Å². The van der Waals surface area contributed by atoms with Crippen LogP contribution in [0.5, 0.6) is 5.75 Å². The van der Waals surface area contributed by atoms with Gasteiger partial charge in [-0.15, -0.1) is 0 Å². The largest absolute Gasteiger partial charge is 0.490 e. The molecule has 5 nitrogen and oxygen atoms in total. The number of halogens is 1. The number of hydrogen-bond acceptors (Lipinski definition) is 4. The van der Waals surface area contributed by atoms with Gasteiger partial charge in [0.2, 0.25) is 0 Å². The van der Waals surface area contributed by atoms with E-state index in [0.717, 1.165) is 21.3 Å². The van der Waals surface area contributed by atoms with Gasteiger partial charge in [-0.25, -0.2) is 0 Å². The lowest BCUT2D eigenvalue weighted by atomic mass is 10.1. The van der Waals surface area contributed by atoms with Crippen molar-refractivity contribution in [3.05, 3.63) is 63.6 Å². The third-order valence-corrected chi connectivity index (χ3v) is 3.78. The second-order valence-corrected chi connectivity index (χ2v) is 6.50. The fraction of sp³-hybridized carbons (Fsp3) is 0.263. The topological polar surface area (TPSA) is 64.6 Å². The van der Waals surface area contributed by atoms with E-state index in [1.165, 1.54) is 0 Å². The summed E-state index contributed by atoms with van der Waals surface area (Å²) in [5.41, 5.74) is 2.70. The van der Waals surface area contributed by atoms with Gasteiger partial charge in [0.05, 0.1) is 0 Å². The number of carbonyl (C=O) groups is 2. The first-order valence-corrected chi connectivity index (χ1v) is 8.64. The van der Waals surface area contributed by atoms with Gasteiger partial charge in [-0.2, -0.15) is 0 Å². The molecule has 0 unspecified atom stereocenters. The summed E-state index contributed by atoms with van der Waals surface area (Å²) >= 11 is 3.30. The number of esters is 1. The molecule has 0 aliphatic heterocycles. The predicted octanol–water partition coefficient (Wildman–Crippen LogP) is 3.42. The van der Waals surface area contributed by atoms with Crippen LogP contribution >= 0.6 is 15.9 Å². The van der Waals surface area contributed by atoms with Crippen molar-refractivity contribution in [3.63, 3.8) is 0 Å². The summed E-state index contributed by atoms with van der Waals surface area (Å²) < 4.78 is 11.4. The molecule has 1 N–H and O–H groups in total. The number of hydrogen-bond donors (Lipinski definition) is 1. The van der Waals surface area contributed by atoms with E-state index in [4.69, 9.17) is 9.47 Å². The number of rotatable bonds is 7. The van der Waals surface area contributed by atoms with E-state index in [9.17, 15) is 9.59 Å². The van der Waals surface area contributed by atoms with Crippen LogP contribution < -0.4 is 10.1 Å². The van der Waals surface area contributed by atoms with E-state index < -0.39 is 5.97 Å². The van der Waals surface area contributed by atoms with Crippen LogP contribution in [0.3, 0.4) is 0 Å². The number of aryl methyl sites for hydroxylation is 2. The zero-order valence-electron chi connectivity index (χ0n) is 14.2. The van der Waals surface area contributed by atoms with Gasteiger partial charge in [0, 0.05) is 10.0 Å². The summed E-state index contributed by atoms with van der Waals surface area (Å²) in [5, 5.41) is 2.52. The number of nitrogens with one attached hydrogen (secondary N) is 1. The van der Waals surface area contributed by atoms with Gasteiger partial charge in [-0.1, -0.05) is 28.1 Å². The Hall–Kier alpha value is -2.34. The molecular weight excluding hydrogens is 386 g/mol. The Morgan fingerprint density at radius 3 is 2.44 bits per heavy atom.